The molecule has 48 heavy (non-hydrogen) atoms. The van der Waals surface area contributed by atoms with Crippen LogP contribution in [-0.2, 0) is 16.1 Å². The van der Waals surface area contributed by atoms with Gasteiger partial charge in [0.05, 0.1) is 29.0 Å². The Balaban J connectivity index is 1.39. The summed E-state index contributed by atoms with van der Waals surface area (Å²) in [5, 5.41) is 1.05. The molecule has 1 aliphatic rings. The number of carbonyl (C=O) groups is 1. The fourth-order valence-electron chi connectivity index (χ4n) is 5.28. The van der Waals surface area contributed by atoms with Crippen LogP contribution in [0.15, 0.2) is 103 Å². The highest BCUT2D eigenvalue weighted by atomic mass is 79.9. The molecule has 0 bridgehead atoms. The maximum absolute atomic E-state index is 14.1. The predicted molar refractivity (Wildman–Crippen MR) is 191 cm³/mol. The van der Waals surface area contributed by atoms with Gasteiger partial charge in [0.1, 0.15) is 24.2 Å². The topological polar surface area (TPSA) is 92.3 Å². The highest BCUT2D eigenvalue weighted by Gasteiger charge is 2.35. The Morgan fingerprint density at radius 1 is 1.00 bits per heavy atom. The Labute approximate surface area is 298 Å². The quantitative estimate of drug-likeness (QED) is 0.134. The molecule has 0 saturated heterocycles. The van der Waals surface area contributed by atoms with Gasteiger partial charge in [0.15, 0.2) is 16.3 Å². The third-order valence-corrected chi connectivity index (χ3v) is 9.60. The van der Waals surface area contributed by atoms with Crippen molar-refractivity contribution < 1.29 is 23.4 Å². The summed E-state index contributed by atoms with van der Waals surface area (Å²) in [6, 6.07) is 21.1. The minimum Gasteiger partial charge on any atom is -0.490 e. The van der Waals surface area contributed by atoms with Crippen LogP contribution in [0.4, 0.5) is 0 Å². The van der Waals surface area contributed by atoms with Crippen molar-refractivity contribution in [1.29, 1.82) is 0 Å². The van der Waals surface area contributed by atoms with Crippen LogP contribution < -0.4 is 24.4 Å². The summed E-state index contributed by atoms with van der Waals surface area (Å²) >= 11 is 17.0. The first-order chi connectivity index (χ1) is 23.2. The minimum absolute atomic E-state index is 0.170. The van der Waals surface area contributed by atoms with Crippen molar-refractivity contribution in [2.45, 2.75) is 33.4 Å². The van der Waals surface area contributed by atoms with Gasteiger partial charge in [-0.1, -0.05) is 74.7 Å². The third-order valence-electron chi connectivity index (χ3n) is 7.51. The van der Waals surface area contributed by atoms with Gasteiger partial charge in [-0.3, -0.25) is 9.36 Å². The molecule has 2 aromatic heterocycles. The van der Waals surface area contributed by atoms with E-state index < -0.39 is 12.0 Å². The zero-order valence-corrected chi connectivity index (χ0v) is 30.0. The summed E-state index contributed by atoms with van der Waals surface area (Å²) < 4.78 is 26.5. The number of furan rings is 1. The van der Waals surface area contributed by atoms with Crippen LogP contribution in [0.3, 0.4) is 0 Å². The van der Waals surface area contributed by atoms with E-state index in [4.69, 9.17) is 41.8 Å². The van der Waals surface area contributed by atoms with Gasteiger partial charge < -0.3 is 18.6 Å². The second-order valence-corrected chi connectivity index (χ2v) is 13.4. The molecule has 0 unspecified atom stereocenters. The van der Waals surface area contributed by atoms with E-state index in [9.17, 15) is 9.59 Å². The largest absolute Gasteiger partial charge is 0.490 e. The normalized spacial score (nSPS) is 14.5. The summed E-state index contributed by atoms with van der Waals surface area (Å²) in [6.45, 7) is 6.14. The molecule has 12 heteroatoms. The lowest BCUT2D eigenvalue weighted by molar-refractivity contribution is -0.139. The average molecular weight is 769 g/mol. The summed E-state index contributed by atoms with van der Waals surface area (Å²) in [6.07, 6.45) is 1.77. The molecule has 6 rings (SSSR count). The number of ether oxygens (including phenoxy) is 3. The van der Waals surface area contributed by atoms with Crippen molar-refractivity contribution in [1.82, 2.24) is 4.57 Å². The standard InChI is InChI=1S/C36H29BrCl2N2O6S/c1-4-44-30-16-21(6-13-28(30)46-19-23-9-12-25(38)18-26(23)39)17-31-34(42)41-33(32(35(43)45-5-2)20(3)40-36(41)48-31)29-15-14-27(47-29)22-7-10-24(37)11-8-22/h6-18,33H,4-5,19H2,1-3H3/b31-17-/t33-/m1/s1. The number of carbonyl (C=O) groups excluding carboxylic acids is 1. The molecular formula is C36H29BrCl2N2O6S. The average Bonchev–Trinajstić information content (AvgIpc) is 3.66. The Morgan fingerprint density at radius 2 is 1.79 bits per heavy atom. The van der Waals surface area contributed by atoms with E-state index in [1.165, 1.54) is 15.9 Å². The van der Waals surface area contributed by atoms with Crippen LogP contribution in [-0.4, -0.2) is 23.8 Å². The number of esters is 1. The number of thiazole rings is 1. The molecule has 0 saturated carbocycles. The van der Waals surface area contributed by atoms with Crippen LogP contribution in [0.25, 0.3) is 17.4 Å². The second kappa shape index (κ2) is 14.6. The maximum atomic E-state index is 14.1. The zero-order chi connectivity index (χ0) is 33.9. The molecule has 0 fully saturated rings. The van der Waals surface area contributed by atoms with E-state index >= 15 is 0 Å². The molecule has 1 aliphatic heterocycles. The fraction of sp³-hybridized carbons (Fsp3) is 0.194. The highest BCUT2D eigenvalue weighted by Crippen LogP contribution is 2.35. The van der Waals surface area contributed by atoms with Crippen LogP contribution >= 0.6 is 50.5 Å². The molecule has 0 N–H and O–H groups in total. The smallest absolute Gasteiger partial charge is 0.338 e. The Morgan fingerprint density at radius 3 is 2.52 bits per heavy atom. The first kappa shape index (κ1) is 33.8. The van der Waals surface area contributed by atoms with Gasteiger partial charge in [0.25, 0.3) is 5.56 Å². The van der Waals surface area contributed by atoms with Gasteiger partial charge in [-0.25, -0.2) is 9.79 Å². The van der Waals surface area contributed by atoms with Crippen molar-refractivity contribution >= 4 is 62.5 Å². The lowest BCUT2D eigenvalue weighted by atomic mass is 10.0. The van der Waals surface area contributed by atoms with E-state index in [-0.39, 0.29) is 24.3 Å². The van der Waals surface area contributed by atoms with Gasteiger partial charge in [-0.15, -0.1) is 0 Å². The number of aromatic nitrogens is 1. The number of benzene rings is 3. The van der Waals surface area contributed by atoms with Gasteiger partial charge >= 0.3 is 5.97 Å². The summed E-state index contributed by atoms with van der Waals surface area (Å²) in [7, 11) is 0. The Hall–Kier alpha value is -4.09. The van der Waals surface area contributed by atoms with Crippen molar-refractivity contribution in [2.24, 2.45) is 4.99 Å². The number of hydrogen-bond acceptors (Lipinski definition) is 8. The molecule has 0 spiro atoms. The Bertz CT molecular complexity index is 2220. The lowest BCUT2D eigenvalue weighted by Crippen LogP contribution is -2.39. The van der Waals surface area contributed by atoms with E-state index in [1.807, 2.05) is 55.5 Å². The van der Waals surface area contributed by atoms with Crippen molar-refractivity contribution in [3.05, 3.63) is 135 Å². The molecule has 0 radical (unpaired) electrons. The van der Waals surface area contributed by atoms with E-state index in [2.05, 4.69) is 20.9 Å². The molecule has 5 aromatic rings. The van der Waals surface area contributed by atoms with Gasteiger partial charge in [-0.05, 0) is 80.9 Å². The van der Waals surface area contributed by atoms with Crippen molar-refractivity contribution in [3.63, 3.8) is 0 Å². The minimum atomic E-state index is -0.874. The molecule has 3 heterocycles. The van der Waals surface area contributed by atoms with Crippen molar-refractivity contribution in [2.75, 3.05) is 13.2 Å². The molecule has 0 aliphatic carbocycles. The summed E-state index contributed by atoms with van der Waals surface area (Å²) in [5.41, 5.74) is 2.72. The van der Waals surface area contributed by atoms with Crippen molar-refractivity contribution in [3.8, 4) is 22.8 Å². The number of hydrogen-bond donors (Lipinski definition) is 0. The van der Waals surface area contributed by atoms with E-state index in [1.54, 1.807) is 44.2 Å². The third kappa shape index (κ3) is 7.03. The van der Waals surface area contributed by atoms with Crippen LogP contribution in [0.2, 0.25) is 10.0 Å². The summed E-state index contributed by atoms with van der Waals surface area (Å²) in [5.74, 6) is 1.49. The molecular weight excluding hydrogens is 739 g/mol. The van der Waals surface area contributed by atoms with Crippen LogP contribution in [0.1, 0.15) is 43.7 Å². The maximum Gasteiger partial charge on any atom is 0.338 e. The number of halogens is 3. The van der Waals surface area contributed by atoms with E-state index in [0.717, 1.165) is 15.6 Å². The Kier molecular flexibility index (Phi) is 10.3. The van der Waals surface area contributed by atoms with Crippen LogP contribution in [0, 0.1) is 0 Å². The van der Waals surface area contributed by atoms with E-state index in [0.29, 0.717) is 60.3 Å². The van der Waals surface area contributed by atoms with Gasteiger partial charge in [0.2, 0.25) is 0 Å². The monoisotopic (exact) mass is 766 g/mol. The molecule has 8 nitrogen and oxygen atoms in total. The number of nitrogens with zero attached hydrogens (tertiary/aromatic N) is 2. The number of rotatable bonds is 10. The SMILES string of the molecule is CCOC(=O)C1=C(C)N=c2s/c(=C\c3ccc(OCc4ccc(Cl)cc4Cl)c(OCC)c3)c(=O)n2[C@@H]1c1ccc(-c2ccc(Br)cc2)o1. The fourth-order valence-corrected chi connectivity index (χ4v) is 7.05. The molecule has 0 amide bonds. The second-order valence-electron chi connectivity index (χ2n) is 10.7. The highest BCUT2D eigenvalue weighted by molar-refractivity contribution is 9.10. The van der Waals surface area contributed by atoms with Gasteiger partial charge in [-0.2, -0.15) is 0 Å². The number of fused-ring (bicyclic) bond motifs is 1. The first-order valence-corrected chi connectivity index (χ1v) is 17.4. The molecule has 246 valence electrons. The number of allylic oxidation sites excluding steroid dienone is 1. The molecule has 1 atom stereocenters. The lowest BCUT2D eigenvalue weighted by Gasteiger charge is -2.22. The summed E-state index contributed by atoms with van der Waals surface area (Å²) in [4.78, 5) is 32.5. The first-order valence-electron chi connectivity index (χ1n) is 15.1. The predicted octanol–water partition coefficient (Wildman–Crippen LogP) is 8.11. The molecule has 3 aromatic carbocycles. The van der Waals surface area contributed by atoms with Gasteiger partial charge in [0, 0.05) is 25.6 Å². The van der Waals surface area contributed by atoms with Crippen LogP contribution in [0.5, 0.6) is 11.5 Å². The zero-order valence-electron chi connectivity index (χ0n) is 26.1.